The molecule has 0 aromatic heterocycles. The first-order valence-corrected chi connectivity index (χ1v) is 7.67. The highest BCUT2D eigenvalue weighted by Crippen LogP contribution is 2.21. The summed E-state index contributed by atoms with van der Waals surface area (Å²) < 4.78 is 0. The van der Waals surface area contributed by atoms with Crippen LogP contribution in [0.5, 0.6) is 0 Å². The molecule has 1 unspecified atom stereocenters. The van der Waals surface area contributed by atoms with E-state index in [-0.39, 0.29) is 6.04 Å². The highest BCUT2D eigenvalue weighted by atomic mass is 16.3. The van der Waals surface area contributed by atoms with Gasteiger partial charge in [0.25, 0.3) is 0 Å². The summed E-state index contributed by atoms with van der Waals surface area (Å²) in [5, 5.41) is 9.85. The molecule has 0 amide bonds. The molecule has 0 spiro atoms. The number of β-amino-alcohol motifs (C(OH)–C–C–N with tert-alkyl or cyclic N) is 1. The number of rotatable bonds is 3. The Morgan fingerprint density at radius 1 is 1.16 bits per heavy atom. The smallest absolute Gasteiger partial charge is 0.149 e. The van der Waals surface area contributed by atoms with Crippen LogP contribution in [0.25, 0.3) is 0 Å². The molecule has 4 heteroatoms. The van der Waals surface area contributed by atoms with E-state index in [4.69, 9.17) is 0 Å². The van der Waals surface area contributed by atoms with E-state index in [1.165, 1.54) is 12.8 Å². The van der Waals surface area contributed by atoms with Gasteiger partial charge in [-0.05, 0) is 26.7 Å². The van der Waals surface area contributed by atoms with Crippen molar-refractivity contribution in [3.05, 3.63) is 0 Å². The summed E-state index contributed by atoms with van der Waals surface area (Å²) >= 11 is 0. The third-order valence-electron chi connectivity index (χ3n) is 4.23. The number of piperazine rings is 1. The number of hydrogen-bond acceptors (Lipinski definition) is 4. The van der Waals surface area contributed by atoms with Crippen LogP contribution in [0.15, 0.2) is 0 Å². The van der Waals surface area contributed by atoms with Gasteiger partial charge in [-0.1, -0.05) is 12.8 Å². The minimum Gasteiger partial charge on any atom is -0.389 e. The number of aliphatic hydroxyl groups is 1. The topological polar surface area (TPSA) is 43.8 Å². The number of nitrogens with zero attached hydrogens (tertiary/aromatic N) is 2. The summed E-state index contributed by atoms with van der Waals surface area (Å²) in [7, 11) is 0. The quantitative estimate of drug-likeness (QED) is 0.783. The van der Waals surface area contributed by atoms with Crippen molar-refractivity contribution in [2.45, 2.75) is 57.6 Å². The van der Waals surface area contributed by atoms with E-state index in [2.05, 4.69) is 9.80 Å². The van der Waals surface area contributed by atoms with Crippen molar-refractivity contribution in [1.82, 2.24) is 9.80 Å². The van der Waals surface area contributed by atoms with Crippen LogP contribution in [-0.2, 0) is 4.79 Å². The Morgan fingerprint density at radius 2 is 1.84 bits per heavy atom. The van der Waals surface area contributed by atoms with Gasteiger partial charge in [0.05, 0.1) is 11.6 Å². The molecule has 1 heterocycles. The van der Waals surface area contributed by atoms with Gasteiger partial charge in [-0.3, -0.25) is 14.6 Å². The van der Waals surface area contributed by atoms with Crippen molar-refractivity contribution in [2.24, 2.45) is 0 Å². The Labute approximate surface area is 116 Å². The molecule has 2 rings (SSSR count). The van der Waals surface area contributed by atoms with E-state index < -0.39 is 5.60 Å². The fourth-order valence-corrected chi connectivity index (χ4v) is 3.31. The molecule has 2 aliphatic rings. The van der Waals surface area contributed by atoms with E-state index in [0.29, 0.717) is 5.78 Å². The molecule has 1 aliphatic carbocycles. The molecule has 2 fully saturated rings. The maximum atomic E-state index is 12.1. The third kappa shape index (κ3) is 4.55. The van der Waals surface area contributed by atoms with Gasteiger partial charge in [-0.2, -0.15) is 0 Å². The predicted octanol–water partition coefficient (Wildman–Crippen LogP) is 1.28. The van der Waals surface area contributed by atoms with Crippen molar-refractivity contribution in [1.29, 1.82) is 0 Å². The number of ketones is 1. The molecule has 110 valence electrons. The monoisotopic (exact) mass is 268 g/mol. The summed E-state index contributed by atoms with van der Waals surface area (Å²) in [4.78, 5) is 16.8. The lowest BCUT2D eigenvalue weighted by Crippen LogP contribution is -2.54. The molecule has 1 saturated heterocycles. The first-order valence-electron chi connectivity index (χ1n) is 7.67. The zero-order chi connectivity index (χ0) is 13.9. The molecule has 19 heavy (non-hydrogen) atoms. The number of hydrogen-bond donors (Lipinski definition) is 1. The fraction of sp³-hybridized carbons (Fsp3) is 0.933. The van der Waals surface area contributed by atoms with Crippen molar-refractivity contribution in [3.8, 4) is 0 Å². The predicted molar refractivity (Wildman–Crippen MR) is 76.2 cm³/mol. The SMILES string of the molecule is CC(C)(O)CN1CCN(C2CCCCCC2=O)CC1. The molecular weight excluding hydrogens is 240 g/mol. The average molecular weight is 268 g/mol. The maximum Gasteiger partial charge on any atom is 0.149 e. The molecular formula is C15H28N2O2. The molecule has 1 saturated carbocycles. The minimum absolute atomic E-state index is 0.173. The largest absolute Gasteiger partial charge is 0.389 e. The van der Waals surface area contributed by atoms with E-state index in [1.807, 2.05) is 13.8 Å². The second-order valence-electron chi connectivity index (χ2n) is 6.71. The Kier molecular flexibility index (Phi) is 4.98. The molecule has 1 atom stereocenters. The fourth-order valence-electron chi connectivity index (χ4n) is 3.31. The van der Waals surface area contributed by atoms with Gasteiger partial charge in [-0.15, -0.1) is 0 Å². The molecule has 0 bridgehead atoms. The molecule has 0 radical (unpaired) electrons. The standard InChI is InChI=1S/C15H28N2O2/c1-15(2,19)12-16-8-10-17(11-9-16)13-6-4-3-5-7-14(13)18/h13,19H,3-12H2,1-2H3. The van der Waals surface area contributed by atoms with Crippen LogP contribution < -0.4 is 0 Å². The van der Waals surface area contributed by atoms with Crippen molar-refractivity contribution < 1.29 is 9.90 Å². The number of carbonyl (C=O) groups excluding carboxylic acids is 1. The van der Waals surface area contributed by atoms with E-state index in [0.717, 1.165) is 52.0 Å². The maximum absolute atomic E-state index is 12.1. The van der Waals surface area contributed by atoms with Crippen molar-refractivity contribution in [3.63, 3.8) is 0 Å². The summed E-state index contributed by atoms with van der Waals surface area (Å²) in [6.07, 6.45) is 5.30. The lowest BCUT2D eigenvalue weighted by Gasteiger charge is -2.40. The Bertz CT molecular complexity index is 304. The summed E-state index contributed by atoms with van der Waals surface area (Å²) in [6, 6.07) is 0.173. The van der Waals surface area contributed by atoms with Gasteiger partial charge >= 0.3 is 0 Å². The number of carbonyl (C=O) groups is 1. The van der Waals surface area contributed by atoms with Crippen LogP contribution in [0.3, 0.4) is 0 Å². The normalized spacial score (nSPS) is 28.4. The average Bonchev–Trinajstić information content (AvgIpc) is 2.53. The Hall–Kier alpha value is -0.450. The Balaban J connectivity index is 1.83. The van der Waals surface area contributed by atoms with Crippen LogP contribution in [0.4, 0.5) is 0 Å². The van der Waals surface area contributed by atoms with E-state index in [9.17, 15) is 9.90 Å². The second kappa shape index (κ2) is 6.33. The van der Waals surface area contributed by atoms with Crippen LogP contribution in [0, 0.1) is 0 Å². The van der Waals surface area contributed by atoms with Gasteiger partial charge in [0.15, 0.2) is 0 Å². The van der Waals surface area contributed by atoms with Gasteiger partial charge in [0, 0.05) is 39.1 Å². The summed E-state index contributed by atoms with van der Waals surface area (Å²) in [6.45, 7) is 8.29. The summed E-state index contributed by atoms with van der Waals surface area (Å²) in [5.41, 5.74) is -0.625. The minimum atomic E-state index is -0.625. The van der Waals surface area contributed by atoms with E-state index in [1.54, 1.807) is 0 Å². The highest BCUT2D eigenvalue weighted by molar-refractivity contribution is 5.84. The molecule has 4 nitrogen and oxygen atoms in total. The van der Waals surface area contributed by atoms with Crippen molar-refractivity contribution >= 4 is 5.78 Å². The van der Waals surface area contributed by atoms with Gasteiger partial charge in [0.2, 0.25) is 0 Å². The Morgan fingerprint density at radius 3 is 2.47 bits per heavy atom. The molecule has 0 aromatic carbocycles. The van der Waals surface area contributed by atoms with Crippen LogP contribution in [0.1, 0.15) is 46.0 Å². The lowest BCUT2D eigenvalue weighted by atomic mass is 10.0. The summed E-state index contributed by atoms with van der Waals surface area (Å²) in [5.74, 6) is 0.452. The first-order chi connectivity index (χ1) is 8.96. The van der Waals surface area contributed by atoms with Crippen LogP contribution in [0.2, 0.25) is 0 Å². The van der Waals surface area contributed by atoms with Crippen molar-refractivity contribution in [2.75, 3.05) is 32.7 Å². The van der Waals surface area contributed by atoms with Crippen LogP contribution >= 0.6 is 0 Å². The second-order valence-corrected chi connectivity index (χ2v) is 6.71. The molecule has 1 N–H and O–H groups in total. The highest BCUT2D eigenvalue weighted by Gasteiger charge is 2.30. The molecule has 0 aromatic rings. The zero-order valence-electron chi connectivity index (χ0n) is 12.4. The van der Waals surface area contributed by atoms with Crippen LogP contribution in [-0.4, -0.2) is 65.1 Å². The lowest BCUT2D eigenvalue weighted by molar-refractivity contribution is -0.125. The van der Waals surface area contributed by atoms with Gasteiger partial charge in [-0.25, -0.2) is 0 Å². The van der Waals surface area contributed by atoms with E-state index >= 15 is 0 Å². The zero-order valence-corrected chi connectivity index (χ0v) is 12.4. The first kappa shape index (κ1) is 14.9. The molecule has 1 aliphatic heterocycles. The van der Waals surface area contributed by atoms with Gasteiger partial charge < -0.3 is 5.11 Å². The third-order valence-corrected chi connectivity index (χ3v) is 4.23. The number of Topliss-reactive ketones (excluding diaryl/α,β-unsaturated/α-hetero) is 1. The van der Waals surface area contributed by atoms with Gasteiger partial charge in [0.1, 0.15) is 5.78 Å².